The average molecular weight is 298 g/mol. The molecule has 0 aromatic carbocycles. The van der Waals surface area contributed by atoms with E-state index < -0.39 is 0 Å². The zero-order valence-corrected chi connectivity index (χ0v) is 13.7. The fourth-order valence-corrected chi connectivity index (χ4v) is 3.96. The molecule has 1 N–H and O–H groups in total. The van der Waals surface area contributed by atoms with Crippen molar-refractivity contribution in [3.63, 3.8) is 0 Å². The second kappa shape index (κ2) is 8.93. The molecule has 4 heteroatoms. The maximum absolute atomic E-state index is 11.9. The van der Waals surface area contributed by atoms with Crippen LogP contribution in [0.25, 0.3) is 0 Å². The monoisotopic (exact) mass is 298 g/mol. The highest BCUT2D eigenvalue weighted by molar-refractivity contribution is 7.98. The van der Waals surface area contributed by atoms with Gasteiger partial charge in [-0.2, -0.15) is 11.8 Å². The van der Waals surface area contributed by atoms with Crippen LogP contribution >= 0.6 is 11.8 Å². The first-order valence-electron chi connectivity index (χ1n) is 8.32. The largest absolute Gasteiger partial charge is 0.352 e. The SMILES string of the molecule is CSCCC(=O)NC1CCCN(C2CCCCCC2)C1. The number of hydrogen-bond acceptors (Lipinski definition) is 3. The molecule has 2 aliphatic rings. The van der Waals surface area contributed by atoms with Gasteiger partial charge in [0.1, 0.15) is 0 Å². The Balaban J connectivity index is 1.77. The summed E-state index contributed by atoms with van der Waals surface area (Å²) in [6.45, 7) is 2.32. The topological polar surface area (TPSA) is 32.3 Å². The van der Waals surface area contributed by atoms with Gasteiger partial charge in [0.05, 0.1) is 0 Å². The van der Waals surface area contributed by atoms with Crippen molar-refractivity contribution >= 4 is 17.7 Å². The van der Waals surface area contributed by atoms with Crippen LogP contribution in [0, 0.1) is 0 Å². The summed E-state index contributed by atoms with van der Waals surface area (Å²) in [7, 11) is 0. The van der Waals surface area contributed by atoms with E-state index in [9.17, 15) is 4.79 Å². The van der Waals surface area contributed by atoms with Crippen molar-refractivity contribution in [3.05, 3.63) is 0 Å². The summed E-state index contributed by atoms with van der Waals surface area (Å²) in [6, 6.07) is 1.17. The van der Waals surface area contributed by atoms with E-state index in [1.54, 1.807) is 11.8 Å². The van der Waals surface area contributed by atoms with E-state index in [4.69, 9.17) is 0 Å². The third-order valence-corrected chi connectivity index (χ3v) is 5.30. The molecule has 1 unspecified atom stereocenters. The van der Waals surface area contributed by atoms with Crippen LogP contribution in [0.3, 0.4) is 0 Å². The molecule has 3 nitrogen and oxygen atoms in total. The predicted molar refractivity (Wildman–Crippen MR) is 87.2 cm³/mol. The third kappa shape index (κ3) is 5.28. The molecule has 0 bridgehead atoms. The second-order valence-corrected chi connectivity index (χ2v) is 7.28. The van der Waals surface area contributed by atoms with Crippen molar-refractivity contribution in [2.45, 2.75) is 69.9 Å². The molecule has 0 aromatic rings. The number of piperidine rings is 1. The molecule has 1 amide bonds. The fourth-order valence-electron chi connectivity index (χ4n) is 3.57. The highest BCUT2D eigenvalue weighted by Gasteiger charge is 2.26. The Bertz CT molecular complexity index is 290. The maximum Gasteiger partial charge on any atom is 0.221 e. The number of carbonyl (C=O) groups is 1. The summed E-state index contributed by atoms with van der Waals surface area (Å²) in [5.74, 6) is 1.18. The lowest BCUT2D eigenvalue weighted by Crippen LogP contribution is -2.51. The lowest BCUT2D eigenvalue weighted by Gasteiger charge is -2.38. The molecule has 1 saturated carbocycles. The number of amides is 1. The molecular weight excluding hydrogens is 268 g/mol. The molecule has 0 aromatic heterocycles. The second-order valence-electron chi connectivity index (χ2n) is 6.29. The van der Waals surface area contributed by atoms with E-state index >= 15 is 0 Å². The minimum Gasteiger partial charge on any atom is -0.352 e. The van der Waals surface area contributed by atoms with Gasteiger partial charge in [0.25, 0.3) is 0 Å². The van der Waals surface area contributed by atoms with E-state index in [1.807, 2.05) is 0 Å². The Morgan fingerprint density at radius 2 is 1.90 bits per heavy atom. The van der Waals surface area contributed by atoms with Gasteiger partial charge in [0.2, 0.25) is 5.91 Å². The van der Waals surface area contributed by atoms with Crippen LogP contribution in [0.5, 0.6) is 0 Å². The van der Waals surface area contributed by atoms with Crippen LogP contribution < -0.4 is 5.32 Å². The van der Waals surface area contributed by atoms with Crippen molar-refractivity contribution in [2.75, 3.05) is 25.1 Å². The maximum atomic E-state index is 11.9. The van der Waals surface area contributed by atoms with Gasteiger partial charge in [0, 0.05) is 30.8 Å². The molecule has 1 heterocycles. The van der Waals surface area contributed by atoms with Crippen LogP contribution in [0.1, 0.15) is 57.8 Å². The van der Waals surface area contributed by atoms with E-state index in [0.29, 0.717) is 12.5 Å². The van der Waals surface area contributed by atoms with Crippen molar-refractivity contribution in [1.82, 2.24) is 10.2 Å². The Hall–Kier alpha value is -0.220. The Kier molecular flexibility index (Phi) is 7.22. The quantitative estimate of drug-likeness (QED) is 0.792. The van der Waals surface area contributed by atoms with Gasteiger partial charge in [-0.05, 0) is 38.5 Å². The summed E-state index contributed by atoms with van der Waals surface area (Å²) in [6.07, 6.45) is 13.5. The zero-order valence-electron chi connectivity index (χ0n) is 12.9. The summed E-state index contributed by atoms with van der Waals surface area (Å²) in [4.78, 5) is 14.5. The molecule has 1 atom stereocenters. The normalized spacial score (nSPS) is 26.1. The lowest BCUT2D eigenvalue weighted by molar-refractivity contribution is -0.121. The Morgan fingerprint density at radius 1 is 1.15 bits per heavy atom. The van der Waals surface area contributed by atoms with Crippen molar-refractivity contribution in [3.8, 4) is 0 Å². The summed E-state index contributed by atoms with van der Waals surface area (Å²) < 4.78 is 0. The summed E-state index contributed by atoms with van der Waals surface area (Å²) in [5, 5.41) is 3.24. The molecule has 116 valence electrons. The average Bonchev–Trinajstić information content (AvgIpc) is 2.74. The van der Waals surface area contributed by atoms with Gasteiger partial charge in [0.15, 0.2) is 0 Å². The van der Waals surface area contributed by atoms with Gasteiger partial charge < -0.3 is 5.32 Å². The molecule has 1 aliphatic carbocycles. The Morgan fingerprint density at radius 3 is 2.60 bits per heavy atom. The standard InChI is InChI=1S/C16H30N2OS/c1-20-12-10-16(19)17-14-7-6-11-18(13-14)15-8-4-2-3-5-9-15/h14-15H,2-13H2,1H3,(H,17,19). The van der Waals surface area contributed by atoms with Crippen molar-refractivity contribution in [2.24, 2.45) is 0 Å². The van der Waals surface area contributed by atoms with Gasteiger partial charge in [-0.25, -0.2) is 0 Å². The molecule has 0 radical (unpaired) electrons. The van der Waals surface area contributed by atoms with Gasteiger partial charge in [-0.3, -0.25) is 9.69 Å². The zero-order chi connectivity index (χ0) is 14.2. The number of likely N-dealkylation sites (tertiary alicyclic amines) is 1. The molecule has 2 rings (SSSR count). The minimum absolute atomic E-state index is 0.243. The van der Waals surface area contributed by atoms with E-state index in [-0.39, 0.29) is 5.91 Å². The fraction of sp³-hybridized carbons (Fsp3) is 0.938. The Labute approximate surface area is 128 Å². The first-order chi connectivity index (χ1) is 9.79. The van der Waals surface area contributed by atoms with Crippen molar-refractivity contribution < 1.29 is 4.79 Å². The number of hydrogen-bond donors (Lipinski definition) is 1. The number of thioether (sulfide) groups is 1. The van der Waals surface area contributed by atoms with Crippen LogP contribution in [0.15, 0.2) is 0 Å². The van der Waals surface area contributed by atoms with Crippen LogP contribution in [-0.2, 0) is 4.79 Å². The highest BCUT2D eigenvalue weighted by atomic mass is 32.2. The molecule has 2 fully saturated rings. The molecule has 0 spiro atoms. The number of nitrogens with one attached hydrogen (secondary N) is 1. The molecular formula is C16H30N2OS. The lowest BCUT2D eigenvalue weighted by atomic mass is 10.00. The molecule has 1 aliphatic heterocycles. The number of carbonyl (C=O) groups excluding carboxylic acids is 1. The molecule has 20 heavy (non-hydrogen) atoms. The van der Waals surface area contributed by atoms with Crippen LogP contribution in [-0.4, -0.2) is 48.0 Å². The first-order valence-corrected chi connectivity index (χ1v) is 9.71. The summed E-state index contributed by atoms with van der Waals surface area (Å²) >= 11 is 1.75. The summed E-state index contributed by atoms with van der Waals surface area (Å²) in [5.41, 5.74) is 0. The van der Waals surface area contributed by atoms with E-state index in [2.05, 4.69) is 16.5 Å². The third-order valence-electron chi connectivity index (χ3n) is 4.69. The van der Waals surface area contributed by atoms with Gasteiger partial charge in [-0.1, -0.05) is 25.7 Å². The van der Waals surface area contributed by atoms with Crippen LogP contribution in [0.4, 0.5) is 0 Å². The predicted octanol–water partition coefficient (Wildman–Crippen LogP) is 3.04. The van der Waals surface area contributed by atoms with Crippen molar-refractivity contribution in [1.29, 1.82) is 0 Å². The van der Waals surface area contributed by atoms with Crippen LogP contribution in [0.2, 0.25) is 0 Å². The highest BCUT2D eigenvalue weighted by Crippen LogP contribution is 2.24. The smallest absolute Gasteiger partial charge is 0.221 e. The van der Waals surface area contributed by atoms with Gasteiger partial charge >= 0.3 is 0 Å². The number of nitrogens with zero attached hydrogens (tertiary/aromatic N) is 1. The first kappa shape index (κ1) is 16.2. The van der Waals surface area contributed by atoms with E-state index in [1.165, 1.54) is 51.5 Å². The minimum atomic E-state index is 0.243. The van der Waals surface area contributed by atoms with E-state index in [0.717, 1.165) is 24.8 Å². The number of rotatable bonds is 5. The molecule has 1 saturated heterocycles. The van der Waals surface area contributed by atoms with Gasteiger partial charge in [-0.15, -0.1) is 0 Å².